The van der Waals surface area contributed by atoms with Gasteiger partial charge in [-0.2, -0.15) is 0 Å². The van der Waals surface area contributed by atoms with Crippen LogP contribution < -0.4 is 15.8 Å². The Bertz CT molecular complexity index is 884. The lowest BCUT2D eigenvalue weighted by molar-refractivity contribution is 0.155. The van der Waals surface area contributed by atoms with Crippen LogP contribution in [0.5, 0.6) is 5.75 Å². The number of imidazole rings is 1. The molecule has 7 nitrogen and oxygen atoms in total. The van der Waals surface area contributed by atoms with Gasteiger partial charge in [0, 0.05) is 23.6 Å². The zero-order valence-corrected chi connectivity index (χ0v) is 16.4. The van der Waals surface area contributed by atoms with Gasteiger partial charge in [0.15, 0.2) is 0 Å². The summed E-state index contributed by atoms with van der Waals surface area (Å²) in [5.74, 6) is 1.05. The third kappa shape index (κ3) is 5.46. The van der Waals surface area contributed by atoms with E-state index in [0.717, 1.165) is 17.1 Å². The Morgan fingerprint density at radius 1 is 1.44 bits per heavy atom. The monoisotopic (exact) mass is 369 g/mol. The molecular formula is C20H27N5O2. The van der Waals surface area contributed by atoms with Gasteiger partial charge < -0.3 is 25.5 Å². The van der Waals surface area contributed by atoms with Crippen LogP contribution in [0.25, 0.3) is 5.69 Å². The Morgan fingerprint density at radius 2 is 2.15 bits per heavy atom. The first-order chi connectivity index (χ1) is 12.6. The molecule has 0 aliphatic heterocycles. The fraction of sp³-hybridized carbons (Fsp3) is 0.300. The molecule has 1 aromatic heterocycles. The Morgan fingerprint density at radius 3 is 2.67 bits per heavy atom. The first-order valence-electron chi connectivity index (χ1n) is 8.50. The molecule has 4 N–H and O–H groups in total. The van der Waals surface area contributed by atoms with E-state index >= 15 is 0 Å². The summed E-state index contributed by atoms with van der Waals surface area (Å²) in [6.07, 6.45) is 5.28. The first-order valence-corrected chi connectivity index (χ1v) is 8.50. The Labute approximate surface area is 159 Å². The van der Waals surface area contributed by atoms with Crippen LogP contribution in [-0.2, 0) is 0 Å². The molecule has 0 unspecified atom stereocenters. The molecule has 0 radical (unpaired) electrons. The molecule has 0 aliphatic rings. The Balaban J connectivity index is 2.28. The van der Waals surface area contributed by atoms with Crippen LogP contribution in [0.4, 0.5) is 5.69 Å². The van der Waals surface area contributed by atoms with Crippen LogP contribution in [0.2, 0.25) is 0 Å². The average Bonchev–Trinajstić information content (AvgIpc) is 2.99. The summed E-state index contributed by atoms with van der Waals surface area (Å²) >= 11 is 0. The number of nitrogens with one attached hydrogen (secondary N) is 1. The van der Waals surface area contributed by atoms with Crippen LogP contribution in [0.15, 0.2) is 59.9 Å². The molecule has 0 bridgehead atoms. The summed E-state index contributed by atoms with van der Waals surface area (Å²) in [4.78, 5) is 8.61. The van der Waals surface area contributed by atoms with Crippen molar-refractivity contribution in [2.45, 2.75) is 33.3 Å². The third-order valence-electron chi connectivity index (χ3n) is 3.70. The number of ether oxygens (including phenoxy) is 1. The van der Waals surface area contributed by atoms with Crippen LogP contribution >= 0.6 is 0 Å². The number of aliphatic imine (C=N–C) groups is 1. The van der Waals surface area contributed by atoms with Crippen molar-refractivity contribution < 1.29 is 9.84 Å². The summed E-state index contributed by atoms with van der Waals surface area (Å²) in [6.45, 7) is 10.9. The number of allylic oxidation sites excluding steroid dienone is 1. The van der Waals surface area contributed by atoms with Crippen molar-refractivity contribution in [2.24, 2.45) is 10.7 Å². The number of anilines is 1. The van der Waals surface area contributed by atoms with E-state index in [1.165, 1.54) is 0 Å². The predicted molar refractivity (Wildman–Crippen MR) is 109 cm³/mol. The van der Waals surface area contributed by atoms with Crippen LogP contribution in [0, 0.1) is 6.92 Å². The van der Waals surface area contributed by atoms with Gasteiger partial charge in [0.25, 0.3) is 0 Å². The van der Waals surface area contributed by atoms with E-state index in [9.17, 15) is 5.11 Å². The molecule has 0 amide bonds. The summed E-state index contributed by atoms with van der Waals surface area (Å²) in [6, 6.07) is 5.65. The van der Waals surface area contributed by atoms with Gasteiger partial charge in [-0.3, -0.25) is 0 Å². The summed E-state index contributed by atoms with van der Waals surface area (Å²) in [5.41, 5.74) is 8.09. The minimum absolute atomic E-state index is 0.373. The molecule has 0 saturated carbocycles. The predicted octanol–water partition coefficient (Wildman–Crippen LogP) is 3.15. The normalized spacial score (nSPS) is 12.8. The largest absolute Gasteiger partial charge is 0.494 e. The van der Waals surface area contributed by atoms with Gasteiger partial charge in [-0.05, 0) is 45.9 Å². The minimum Gasteiger partial charge on any atom is -0.494 e. The molecule has 2 aromatic rings. The second-order valence-electron chi connectivity index (χ2n) is 6.83. The molecule has 144 valence electrons. The standard InChI is InChI=1S/C20H27N5O2/c1-13(21)9-19(20(4,5)26)24-15(3)23-16-7-8-17(18(10-16)27-6)25-11-14(2)22-12-25/h7-12,23,26H,3,21H2,1-2,4-6H3/b13-9-,24-19+. The van der Waals surface area contributed by atoms with Gasteiger partial charge >= 0.3 is 0 Å². The molecule has 0 fully saturated rings. The van der Waals surface area contributed by atoms with Gasteiger partial charge in [-0.15, -0.1) is 0 Å². The van der Waals surface area contributed by atoms with Crippen molar-refractivity contribution in [3.63, 3.8) is 0 Å². The number of rotatable bonds is 7. The van der Waals surface area contributed by atoms with Crippen molar-refractivity contribution in [1.82, 2.24) is 9.55 Å². The molecule has 2 rings (SSSR count). The molecule has 7 heteroatoms. The minimum atomic E-state index is -1.15. The average molecular weight is 369 g/mol. The lowest BCUT2D eigenvalue weighted by atomic mass is 10.0. The molecule has 27 heavy (non-hydrogen) atoms. The quantitative estimate of drug-likeness (QED) is 0.651. The summed E-state index contributed by atoms with van der Waals surface area (Å²) in [5, 5.41) is 13.4. The zero-order valence-electron chi connectivity index (χ0n) is 16.4. The highest BCUT2D eigenvalue weighted by Crippen LogP contribution is 2.27. The third-order valence-corrected chi connectivity index (χ3v) is 3.70. The maximum absolute atomic E-state index is 10.3. The highest BCUT2D eigenvalue weighted by molar-refractivity contribution is 6.02. The van der Waals surface area contributed by atoms with Crippen molar-refractivity contribution in [3.05, 3.63) is 60.6 Å². The van der Waals surface area contributed by atoms with Gasteiger partial charge in [0.05, 0.1) is 30.5 Å². The lowest BCUT2D eigenvalue weighted by Crippen LogP contribution is -2.30. The number of hydrogen-bond acceptors (Lipinski definition) is 6. The smallest absolute Gasteiger partial charge is 0.144 e. The van der Waals surface area contributed by atoms with Crippen molar-refractivity contribution in [3.8, 4) is 11.4 Å². The highest BCUT2D eigenvalue weighted by atomic mass is 16.5. The number of nitrogens with zero attached hydrogens (tertiary/aromatic N) is 3. The number of nitrogens with two attached hydrogens (primary N) is 1. The van der Waals surface area contributed by atoms with Crippen molar-refractivity contribution >= 4 is 11.4 Å². The number of aliphatic hydroxyl groups is 1. The van der Waals surface area contributed by atoms with E-state index in [1.54, 1.807) is 40.3 Å². The van der Waals surface area contributed by atoms with Crippen molar-refractivity contribution in [2.75, 3.05) is 12.4 Å². The van der Waals surface area contributed by atoms with E-state index in [4.69, 9.17) is 10.5 Å². The number of benzene rings is 1. The van der Waals surface area contributed by atoms with Crippen molar-refractivity contribution in [1.29, 1.82) is 0 Å². The fourth-order valence-electron chi connectivity index (χ4n) is 2.42. The summed E-state index contributed by atoms with van der Waals surface area (Å²) < 4.78 is 7.39. The zero-order chi connectivity index (χ0) is 20.2. The van der Waals surface area contributed by atoms with Crippen LogP contribution in [0.3, 0.4) is 0 Å². The molecule has 1 heterocycles. The molecule has 0 aliphatic carbocycles. The molecule has 0 saturated heterocycles. The van der Waals surface area contributed by atoms with E-state index in [0.29, 0.717) is 23.0 Å². The maximum Gasteiger partial charge on any atom is 0.144 e. The van der Waals surface area contributed by atoms with Gasteiger partial charge in [0.1, 0.15) is 17.2 Å². The number of aromatic nitrogens is 2. The number of methoxy groups -OCH3 is 1. The van der Waals surface area contributed by atoms with Gasteiger partial charge in [-0.25, -0.2) is 9.98 Å². The van der Waals surface area contributed by atoms with Gasteiger partial charge in [-0.1, -0.05) is 6.58 Å². The van der Waals surface area contributed by atoms with E-state index in [1.807, 2.05) is 35.9 Å². The van der Waals surface area contributed by atoms with E-state index < -0.39 is 5.60 Å². The SMILES string of the molecule is C=C(/N=C(\C=C(\C)N)C(C)(C)O)Nc1ccc(-n2cnc(C)c2)c(OC)c1. The highest BCUT2D eigenvalue weighted by Gasteiger charge is 2.20. The second-order valence-corrected chi connectivity index (χ2v) is 6.83. The maximum atomic E-state index is 10.3. The topological polar surface area (TPSA) is 97.7 Å². The second kappa shape index (κ2) is 8.09. The number of hydrogen-bond donors (Lipinski definition) is 3. The van der Waals surface area contributed by atoms with E-state index in [-0.39, 0.29) is 0 Å². The van der Waals surface area contributed by atoms with E-state index in [2.05, 4.69) is 21.9 Å². The Kier molecular flexibility index (Phi) is 6.07. The van der Waals surface area contributed by atoms with Crippen LogP contribution in [0.1, 0.15) is 26.5 Å². The molecule has 0 spiro atoms. The molecule has 1 aromatic carbocycles. The first kappa shape index (κ1) is 20.3. The number of aryl methyl sites for hydroxylation is 1. The fourth-order valence-corrected chi connectivity index (χ4v) is 2.42. The van der Waals surface area contributed by atoms with Crippen LogP contribution in [-0.4, -0.2) is 33.1 Å². The molecular weight excluding hydrogens is 342 g/mol. The van der Waals surface area contributed by atoms with Gasteiger partial charge in [0.2, 0.25) is 0 Å². The Hall–Kier alpha value is -3.06. The molecule has 0 atom stereocenters. The summed E-state index contributed by atoms with van der Waals surface area (Å²) in [7, 11) is 1.61. The lowest BCUT2D eigenvalue weighted by Gasteiger charge is -2.19.